The normalized spacial score (nSPS) is 9.62. The molecule has 1 rings (SSSR count). The SMILES string of the molecule is C#CCn1[nH]c(=O)c(C)c(C)c1=O. The third kappa shape index (κ3) is 1.54. The van der Waals surface area contributed by atoms with E-state index >= 15 is 0 Å². The third-order valence-electron chi connectivity index (χ3n) is 1.95. The Morgan fingerprint density at radius 2 is 2.00 bits per heavy atom. The topological polar surface area (TPSA) is 54.9 Å². The first kappa shape index (κ1) is 9.33. The molecular weight excluding hydrogens is 168 g/mol. The number of aromatic amines is 1. The summed E-state index contributed by atoms with van der Waals surface area (Å²) in [4.78, 5) is 22.6. The molecule has 0 aliphatic carbocycles. The van der Waals surface area contributed by atoms with Crippen LogP contribution < -0.4 is 11.1 Å². The van der Waals surface area contributed by atoms with Crippen LogP contribution >= 0.6 is 0 Å². The second kappa shape index (κ2) is 3.31. The van der Waals surface area contributed by atoms with Crippen molar-refractivity contribution in [2.24, 2.45) is 0 Å². The highest BCUT2D eigenvalue weighted by atomic mass is 16.2. The first-order valence-electron chi connectivity index (χ1n) is 3.81. The van der Waals surface area contributed by atoms with Gasteiger partial charge in [-0.15, -0.1) is 6.42 Å². The van der Waals surface area contributed by atoms with E-state index in [2.05, 4.69) is 11.0 Å². The molecule has 1 heterocycles. The number of terminal acetylenes is 1. The van der Waals surface area contributed by atoms with Crippen molar-refractivity contribution in [2.75, 3.05) is 0 Å². The summed E-state index contributed by atoms with van der Waals surface area (Å²) in [7, 11) is 0. The van der Waals surface area contributed by atoms with Gasteiger partial charge in [-0.3, -0.25) is 14.7 Å². The molecule has 0 aliphatic rings. The zero-order valence-electron chi connectivity index (χ0n) is 7.55. The lowest BCUT2D eigenvalue weighted by Crippen LogP contribution is -2.32. The maximum atomic E-state index is 11.4. The monoisotopic (exact) mass is 178 g/mol. The van der Waals surface area contributed by atoms with E-state index < -0.39 is 0 Å². The second-order valence-corrected chi connectivity index (χ2v) is 2.79. The summed E-state index contributed by atoms with van der Waals surface area (Å²) >= 11 is 0. The molecule has 0 saturated carbocycles. The molecule has 0 radical (unpaired) electrons. The highest BCUT2D eigenvalue weighted by Gasteiger charge is 2.05. The van der Waals surface area contributed by atoms with E-state index in [1.54, 1.807) is 13.8 Å². The van der Waals surface area contributed by atoms with E-state index in [0.717, 1.165) is 4.68 Å². The summed E-state index contributed by atoms with van der Waals surface area (Å²) in [5, 5.41) is 2.39. The highest BCUT2D eigenvalue weighted by Crippen LogP contribution is 1.90. The highest BCUT2D eigenvalue weighted by molar-refractivity contribution is 5.17. The molecule has 0 unspecified atom stereocenters. The van der Waals surface area contributed by atoms with Crippen LogP contribution in [0.15, 0.2) is 9.59 Å². The fraction of sp³-hybridized carbons (Fsp3) is 0.333. The maximum Gasteiger partial charge on any atom is 0.269 e. The molecule has 0 aromatic carbocycles. The molecule has 0 aliphatic heterocycles. The van der Waals surface area contributed by atoms with E-state index in [-0.39, 0.29) is 17.7 Å². The molecule has 13 heavy (non-hydrogen) atoms. The van der Waals surface area contributed by atoms with E-state index in [9.17, 15) is 9.59 Å². The van der Waals surface area contributed by atoms with Crippen molar-refractivity contribution in [2.45, 2.75) is 20.4 Å². The molecule has 1 N–H and O–H groups in total. The molecule has 68 valence electrons. The molecule has 0 bridgehead atoms. The van der Waals surface area contributed by atoms with Crippen molar-refractivity contribution < 1.29 is 0 Å². The second-order valence-electron chi connectivity index (χ2n) is 2.79. The number of nitrogens with one attached hydrogen (secondary N) is 1. The van der Waals surface area contributed by atoms with Crippen LogP contribution in [-0.4, -0.2) is 9.78 Å². The van der Waals surface area contributed by atoms with Gasteiger partial charge in [-0.05, 0) is 13.8 Å². The van der Waals surface area contributed by atoms with Gasteiger partial charge in [0.25, 0.3) is 11.1 Å². The predicted molar refractivity (Wildman–Crippen MR) is 49.6 cm³/mol. The summed E-state index contributed by atoms with van der Waals surface area (Å²) in [5.41, 5.74) is 0.375. The van der Waals surface area contributed by atoms with Crippen LogP contribution in [0.4, 0.5) is 0 Å². The standard InChI is InChI=1S/C9H10N2O2/c1-4-5-11-9(13)7(3)6(2)8(12)10-11/h1H,5H2,2-3H3,(H,10,12). The van der Waals surface area contributed by atoms with E-state index in [1.807, 2.05) is 0 Å². The first-order valence-corrected chi connectivity index (χ1v) is 3.81. The van der Waals surface area contributed by atoms with Crippen LogP contribution in [0.1, 0.15) is 11.1 Å². The van der Waals surface area contributed by atoms with Crippen molar-refractivity contribution in [3.05, 3.63) is 31.8 Å². The average Bonchev–Trinajstić information content (AvgIpc) is 2.11. The van der Waals surface area contributed by atoms with Crippen molar-refractivity contribution >= 4 is 0 Å². The fourth-order valence-corrected chi connectivity index (χ4v) is 0.993. The van der Waals surface area contributed by atoms with Crippen LogP contribution in [0.3, 0.4) is 0 Å². The van der Waals surface area contributed by atoms with Crippen molar-refractivity contribution in [3.8, 4) is 12.3 Å². The minimum absolute atomic E-state index is 0.0925. The number of rotatable bonds is 1. The minimum Gasteiger partial charge on any atom is -0.268 e. The van der Waals surface area contributed by atoms with Gasteiger partial charge in [0.15, 0.2) is 0 Å². The molecule has 0 atom stereocenters. The Labute approximate surface area is 75.2 Å². The van der Waals surface area contributed by atoms with Crippen molar-refractivity contribution in [1.29, 1.82) is 0 Å². The summed E-state index contributed by atoms with van der Waals surface area (Å²) in [6, 6.07) is 0. The quantitative estimate of drug-likeness (QED) is 0.605. The zero-order chi connectivity index (χ0) is 10.0. The summed E-state index contributed by atoms with van der Waals surface area (Å²) in [6.07, 6.45) is 5.04. The third-order valence-corrected chi connectivity index (χ3v) is 1.95. The van der Waals surface area contributed by atoms with Crippen molar-refractivity contribution in [3.63, 3.8) is 0 Å². The Hall–Kier alpha value is -1.76. The van der Waals surface area contributed by atoms with Gasteiger partial charge in [-0.2, -0.15) is 0 Å². The number of aromatic nitrogens is 2. The van der Waals surface area contributed by atoms with Gasteiger partial charge in [0.05, 0.1) is 0 Å². The number of hydrogen-bond donors (Lipinski definition) is 1. The van der Waals surface area contributed by atoms with Gasteiger partial charge in [-0.25, -0.2) is 4.68 Å². The van der Waals surface area contributed by atoms with Crippen LogP contribution in [0.25, 0.3) is 0 Å². The van der Waals surface area contributed by atoms with Gasteiger partial charge in [-0.1, -0.05) is 5.92 Å². The Balaban J connectivity index is 3.53. The Kier molecular flexibility index (Phi) is 2.38. The van der Waals surface area contributed by atoms with E-state index in [4.69, 9.17) is 6.42 Å². The van der Waals surface area contributed by atoms with E-state index in [1.165, 1.54) is 0 Å². The van der Waals surface area contributed by atoms with E-state index in [0.29, 0.717) is 11.1 Å². The molecule has 4 nitrogen and oxygen atoms in total. The molecule has 0 amide bonds. The Morgan fingerprint density at radius 1 is 1.38 bits per heavy atom. The number of H-pyrrole nitrogens is 1. The Morgan fingerprint density at radius 3 is 2.54 bits per heavy atom. The lowest BCUT2D eigenvalue weighted by Gasteiger charge is -2.03. The molecule has 0 saturated heterocycles. The maximum absolute atomic E-state index is 11.4. The minimum atomic E-state index is -0.271. The number of nitrogens with zero attached hydrogens (tertiary/aromatic N) is 1. The molecule has 0 spiro atoms. The van der Waals surface area contributed by atoms with Crippen LogP contribution in [0.5, 0.6) is 0 Å². The average molecular weight is 178 g/mol. The molecular formula is C9H10N2O2. The first-order chi connectivity index (χ1) is 6.07. The molecule has 0 fully saturated rings. The Bertz CT molecular complexity index is 474. The van der Waals surface area contributed by atoms with Gasteiger partial charge < -0.3 is 0 Å². The molecule has 1 aromatic heterocycles. The van der Waals surface area contributed by atoms with Crippen LogP contribution in [-0.2, 0) is 6.54 Å². The lowest BCUT2D eigenvalue weighted by atomic mass is 10.2. The summed E-state index contributed by atoms with van der Waals surface area (Å²) in [6.45, 7) is 3.31. The van der Waals surface area contributed by atoms with Gasteiger partial charge in [0.1, 0.15) is 6.54 Å². The van der Waals surface area contributed by atoms with Gasteiger partial charge in [0, 0.05) is 11.1 Å². The lowest BCUT2D eigenvalue weighted by molar-refractivity contribution is 0.639. The van der Waals surface area contributed by atoms with Gasteiger partial charge in [0.2, 0.25) is 0 Å². The zero-order valence-corrected chi connectivity index (χ0v) is 7.55. The number of hydrogen-bond acceptors (Lipinski definition) is 2. The predicted octanol–water partition coefficient (Wildman–Crippen LogP) is -0.213. The van der Waals surface area contributed by atoms with Crippen LogP contribution in [0.2, 0.25) is 0 Å². The van der Waals surface area contributed by atoms with Gasteiger partial charge >= 0.3 is 0 Å². The summed E-state index contributed by atoms with van der Waals surface area (Å²) < 4.78 is 1.13. The largest absolute Gasteiger partial charge is 0.269 e. The molecule has 1 aromatic rings. The fourth-order valence-electron chi connectivity index (χ4n) is 0.993. The molecule has 4 heteroatoms. The van der Waals surface area contributed by atoms with Crippen LogP contribution in [0, 0.1) is 26.2 Å². The summed E-state index contributed by atoms with van der Waals surface area (Å²) in [5.74, 6) is 2.29. The smallest absolute Gasteiger partial charge is 0.268 e. The van der Waals surface area contributed by atoms with Crippen molar-refractivity contribution in [1.82, 2.24) is 9.78 Å².